The van der Waals surface area contributed by atoms with Crippen LogP contribution in [0.15, 0.2) is 45.3 Å². The van der Waals surface area contributed by atoms with Gasteiger partial charge in [0, 0.05) is 6.42 Å². The Morgan fingerprint density at radius 1 is 0.783 bits per heavy atom. The van der Waals surface area contributed by atoms with Gasteiger partial charge in [-0.3, -0.25) is 0 Å². The van der Waals surface area contributed by atoms with Crippen molar-refractivity contribution in [3.8, 4) is 11.5 Å². The molecule has 0 radical (unpaired) electrons. The van der Waals surface area contributed by atoms with Gasteiger partial charge in [0.25, 0.3) is 0 Å². The van der Waals surface area contributed by atoms with Gasteiger partial charge < -0.3 is 9.47 Å². The summed E-state index contributed by atoms with van der Waals surface area (Å²) in [5, 5.41) is 0. The number of hydrogen-bond acceptors (Lipinski definition) is 2. The molecule has 0 bridgehead atoms. The van der Waals surface area contributed by atoms with E-state index in [1.165, 1.54) is 11.1 Å². The molecule has 0 aliphatic rings. The highest BCUT2D eigenvalue weighted by molar-refractivity contribution is 9.10. The van der Waals surface area contributed by atoms with Gasteiger partial charge in [-0.25, -0.2) is 0 Å². The van der Waals surface area contributed by atoms with Crippen molar-refractivity contribution < 1.29 is 9.47 Å². The van der Waals surface area contributed by atoms with E-state index in [1.807, 2.05) is 12.1 Å². The fourth-order valence-corrected chi connectivity index (χ4v) is 3.57. The number of benzene rings is 2. The van der Waals surface area contributed by atoms with Crippen molar-refractivity contribution in [1.29, 1.82) is 0 Å². The summed E-state index contributed by atoms with van der Waals surface area (Å²) in [6.07, 6.45) is 0.933. The molecule has 0 aliphatic heterocycles. The predicted molar refractivity (Wildman–Crippen MR) is 103 cm³/mol. The van der Waals surface area contributed by atoms with E-state index in [4.69, 9.17) is 9.47 Å². The molecule has 2 atom stereocenters. The van der Waals surface area contributed by atoms with Crippen LogP contribution in [0, 0.1) is 13.8 Å². The van der Waals surface area contributed by atoms with Gasteiger partial charge in [0.15, 0.2) is 0 Å². The molecule has 23 heavy (non-hydrogen) atoms. The summed E-state index contributed by atoms with van der Waals surface area (Å²) in [4.78, 5) is 0. The van der Waals surface area contributed by atoms with Crippen LogP contribution in [0.25, 0.3) is 0 Å². The number of aryl methyl sites for hydroxylation is 2. The van der Waals surface area contributed by atoms with Crippen LogP contribution in [0.5, 0.6) is 11.5 Å². The minimum Gasteiger partial charge on any atom is -0.489 e. The summed E-state index contributed by atoms with van der Waals surface area (Å²) in [6.45, 7) is 8.26. The Kier molecular flexibility index (Phi) is 6.54. The highest BCUT2D eigenvalue weighted by atomic mass is 79.9. The minimum absolute atomic E-state index is 0.0632. The lowest BCUT2D eigenvalue weighted by Crippen LogP contribution is -2.23. The maximum absolute atomic E-state index is 6.02. The van der Waals surface area contributed by atoms with E-state index in [1.54, 1.807) is 0 Å². The second-order valence-corrected chi connectivity index (χ2v) is 7.67. The van der Waals surface area contributed by atoms with Gasteiger partial charge in [0.1, 0.15) is 11.5 Å². The summed E-state index contributed by atoms with van der Waals surface area (Å²) >= 11 is 7.10. The monoisotopic (exact) mass is 440 g/mol. The van der Waals surface area contributed by atoms with Crippen LogP contribution in [0.4, 0.5) is 0 Å². The highest BCUT2D eigenvalue weighted by Gasteiger charge is 2.14. The lowest BCUT2D eigenvalue weighted by atomic mass is 10.2. The van der Waals surface area contributed by atoms with Crippen molar-refractivity contribution in [3.63, 3.8) is 0 Å². The first-order chi connectivity index (χ1) is 10.8. The Labute approximate surface area is 155 Å². The standard InChI is InChI=1S/C19H22Br2O2/c1-12-5-7-18(16(20)9-12)22-14(3)11-15(4)23-19-8-6-13(2)10-17(19)21/h5-10,14-15H,11H2,1-4H3. The van der Waals surface area contributed by atoms with Crippen LogP contribution in [0.3, 0.4) is 0 Å². The molecule has 0 saturated heterocycles. The second-order valence-electron chi connectivity index (χ2n) is 5.96. The van der Waals surface area contributed by atoms with E-state index in [0.717, 1.165) is 26.9 Å². The number of rotatable bonds is 6. The Hall–Kier alpha value is -1.000. The third-order valence-corrected chi connectivity index (χ3v) is 4.73. The first-order valence-electron chi connectivity index (χ1n) is 7.70. The van der Waals surface area contributed by atoms with Crippen molar-refractivity contribution in [3.05, 3.63) is 56.5 Å². The van der Waals surface area contributed by atoms with Crippen LogP contribution in [-0.4, -0.2) is 12.2 Å². The Bertz CT molecular complexity index is 613. The van der Waals surface area contributed by atoms with E-state index in [2.05, 4.69) is 83.8 Å². The topological polar surface area (TPSA) is 18.5 Å². The van der Waals surface area contributed by atoms with E-state index < -0.39 is 0 Å². The molecule has 0 heterocycles. The molecule has 0 amide bonds. The molecule has 0 N–H and O–H groups in total. The second kappa shape index (κ2) is 8.20. The summed E-state index contributed by atoms with van der Waals surface area (Å²) in [6, 6.07) is 12.2. The molecule has 2 nitrogen and oxygen atoms in total. The molecule has 0 saturated carbocycles. The van der Waals surface area contributed by atoms with Crippen LogP contribution in [0.2, 0.25) is 0 Å². The van der Waals surface area contributed by atoms with Gasteiger partial charge in [0.05, 0.1) is 21.2 Å². The lowest BCUT2D eigenvalue weighted by molar-refractivity contribution is 0.130. The Morgan fingerprint density at radius 2 is 1.17 bits per heavy atom. The number of halogens is 2. The quantitative estimate of drug-likeness (QED) is 0.512. The maximum atomic E-state index is 6.02. The fraction of sp³-hybridized carbons (Fsp3) is 0.368. The van der Waals surface area contributed by atoms with E-state index in [-0.39, 0.29) is 12.2 Å². The zero-order valence-electron chi connectivity index (χ0n) is 13.9. The molecule has 0 fully saturated rings. The van der Waals surface area contributed by atoms with Gasteiger partial charge in [-0.1, -0.05) is 12.1 Å². The van der Waals surface area contributed by atoms with Gasteiger partial charge >= 0.3 is 0 Å². The lowest BCUT2D eigenvalue weighted by Gasteiger charge is -2.21. The van der Waals surface area contributed by atoms with Crippen molar-refractivity contribution in [1.82, 2.24) is 0 Å². The van der Waals surface area contributed by atoms with E-state index >= 15 is 0 Å². The first-order valence-corrected chi connectivity index (χ1v) is 9.29. The number of ether oxygens (including phenoxy) is 2. The maximum Gasteiger partial charge on any atom is 0.133 e. The smallest absolute Gasteiger partial charge is 0.133 e. The summed E-state index contributed by atoms with van der Waals surface area (Å²) < 4.78 is 14.0. The number of hydrogen-bond donors (Lipinski definition) is 0. The average molecular weight is 442 g/mol. The van der Waals surface area contributed by atoms with Gasteiger partial charge in [-0.15, -0.1) is 0 Å². The zero-order chi connectivity index (χ0) is 17.0. The molecular weight excluding hydrogens is 420 g/mol. The van der Waals surface area contributed by atoms with E-state index in [0.29, 0.717) is 0 Å². The first kappa shape index (κ1) is 18.3. The van der Waals surface area contributed by atoms with Gasteiger partial charge in [0.2, 0.25) is 0 Å². The molecule has 0 aliphatic carbocycles. The normalized spacial score (nSPS) is 13.5. The van der Waals surface area contributed by atoms with Gasteiger partial charge in [-0.05, 0) is 94.9 Å². The third-order valence-electron chi connectivity index (χ3n) is 3.49. The van der Waals surface area contributed by atoms with Crippen molar-refractivity contribution in [2.24, 2.45) is 0 Å². The average Bonchev–Trinajstić information content (AvgIpc) is 2.45. The molecule has 124 valence electrons. The molecule has 4 heteroatoms. The SMILES string of the molecule is Cc1ccc(OC(C)CC(C)Oc2ccc(C)cc2Br)c(Br)c1. The molecular formula is C19H22Br2O2. The van der Waals surface area contributed by atoms with Crippen LogP contribution in [-0.2, 0) is 0 Å². The third kappa shape index (κ3) is 5.54. The van der Waals surface area contributed by atoms with Crippen LogP contribution >= 0.6 is 31.9 Å². The van der Waals surface area contributed by atoms with Crippen molar-refractivity contribution in [2.45, 2.75) is 46.3 Å². The summed E-state index contributed by atoms with van der Waals surface area (Å²) in [7, 11) is 0. The van der Waals surface area contributed by atoms with Crippen molar-refractivity contribution in [2.75, 3.05) is 0 Å². The molecule has 2 unspecified atom stereocenters. The minimum atomic E-state index is 0.0632. The zero-order valence-corrected chi connectivity index (χ0v) is 17.1. The molecule has 0 aromatic heterocycles. The fourth-order valence-electron chi connectivity index (χ4n) is 2.40. The van der Waals surface area contributed by atoms with Crippen LogP contribution < -0.4 is 9.47 Å². The molecule has 2 aromatic rings. The summed E-state index contributed by atoms with van der Waals surface area (Å²) in [5.74, 6) is 1.73. The van der Waals surface area contributed by atoms with Crippen LogP contribution in [0.1, 0.15) is 31.4 Å². The van der Waals surface area contributed by atoms with Crippen molar-refractivity contribution >= 4 is 31.9 Å². The molecule has 0 spiro atoms. The largest absolute Gasteiger partial charge is 0.489 e. The summed E-state index contributed by atoms with van der Waals surface area (Å²) in [5.41, 5.74) is 2.41. The molecule has 2 rings (SSSR count). The predicted octanol–water partition coefficient (Wildman–Crippen LogP) is 6.45. The Balaban J connectivity index is 1.92. The van der Waals surface area contributed by atoms with Gasteiger partial charge in [-0.2, -0.15) is 0 Å². The highest BCUT2D eigenvalue weighted by Crippen LogP contribution is 2.29. The Morgan fingerprint density at radius 3 is 1.52 bits per heavy atom. The molecule has 2 aromatic carbocycles. The van der Waals surface area contributed by atoms with E-state index in [9.17, 15) is 0 Å².